The summed E-state index contributed by atoms with van der Waals surface area (Å²) in [6, 6.07) is 19.6. The van der Waals surface area contributed by atoms with E-state index in [1.165, 1.54) is 0 Å². The molecule has 1 saturated heterocycles. The van der Waals surface area contributed by atoms with Crippen LogP contribution in [-0.4, -0.2) is 30.1 Å². The van der Waals surface area contributed by atoms with Gasteiger partial charge >= 0.3 is 0 Å². The lowest BCUT2D eigenvalue weighted by molar-refractivity contribution is -0.128. The van der Waals surface area contributed by atoms with E-state index in [0.29, 0.717) is 26.1 Å². The van der Waals surface area contributed by atoms with Gasteiger partial charge < -0.3 is 10.2 Å². The van der Waals surface area contributed by atoms with Crippen LogP contribution in [0.15, 0.2) is 60.7 Å². The predicted molar refractivity (Wildman–Crippen MR) is 93.0 cm³/mol. The maximum Gasteiger partial charge on any atom is 0.223 e. The molecule has 2 aromatic carbocycles. The Bertz CT molecular complexity index is 647. The number of alkyl halides is 1. The third-order valence-electron chi connectivity index (χ3n) is 4.61. The van der Waals surface area contributed by atoms with Crippen LogP contribution in [0.25, 0.3) is 0 Å². The zero-order chi connectivity index (χ0) is 16.8. The lowest BCUT2D eigenvalue weighted by atomic mass is 9.99. The zero-order valence-corrected chi connectivity index (χ0v) is 13.7. The summed E-state index contributed by atoms with van der Waals surface area (Å²) in [6.45, 7) is 1.39. The first-order chi connectivity index (χ1) is 11.8. The molecular weight excluding hydrogens is 303 g/mol. The molecule has 1 aliphatic rings. The molecule has 0 saturated carbocycles. The first kappa shape index (κ1) is 16.7. The monoisotopic (exact) mass is 326 g/mol. The minimum absolute atomic E-state index is 0.0231. The lowest BCUT2D eigenvalue weighted by Gasteiger charge is -2.22. The number of amides is 1. The van der Waals surface area contributed by atoms with E-state index in [2.05, 4.69) is 5.32 Å². The van der Waals surface area contributed by atoms with Crippen LogP contribution in [0, 0.1) is 5.92 Å². The van der Waals surface area contributed by atoms with Gasteiger partial charge in [-0.05, 0) is 11.1 Å². The highest BCUT2D eigenvalue weighted by atomic mass is 19.1. The quantitative estimate of drug-likeness (QED) is 0.848. The fourth-order valence-corrected chi connectivity index (χ4v) is 3.22. The third kappa shape index (κ3) is 4.20. The van der Waals surface area contributed by atoms with Gasteiger partial charge in [0.25, 0.3) is 0 Å². The van der Waals surface area contributed by atoms with Crippen LogP contribution in [0.5, 0.6) is 0 Å². The Balaban J connectivity index is 1.56. The molecular formula is C20H23FN2O. The van der Waals surface area contributed by atoms with Crippen molar-refractivity contribution in [3.05, 3.63) is 71.8 Å². The Hall–Kier alpha value is -2.20. The molecule has 1 aliphatic heterocycles. The number of hydrogen-bond donors (Lipinski definition) is 1. The second kappa shape index (κ2) is 8.06. The first-order valence-corrected chi connectivity index (χ1v) is 8.41. The maximum absolute atomic E-state index is 13.5. The summed E-state index contributed by atoms with van der Waals surface area (Å²) >= 11 is 0. The van der Waals surface area contributed by atoms with Crippen molar-refractivity contribution in [1.29, 1.82) is 0 Å². The molecule has 1 N–H and O–H groups in total. The van der Waals surface area contributed by atoms with Gasteiger partial charge in [-0.25, -0.2) is 4.39 Å². The number of likely N-dealkylation sites (tertiary alicyclic amines) is 1. The van der Waals surface area contributed by atoms with Gasteiger partial charge in [-0.2, -0.15) is 0 Å². The van der Waals surface area contributed by atoms with Crippen molar-refractivity contribution in [1.82, 2.24) is 10.2 Å². The number of benzene rings is 2. The average molecular weight is 326 g/mol. The summed E-state index contributed by atoms with van der Waals surface area (Å²) in [5.74, 6) is 0.138. The van der Waals surface area contributed by atoms with Crippen LogP contribution in [0.2, 0.25) is 0 Å². The Labute approximate surface area is 142 Å². The van der Waals surface area contributed by atoms with E-state index in [1.54, 1.807) is 0 Å². The highest BCUT2D eigenvalue weighted by Crippen LogP contribution is 2.23. The van der Waals surface area contributed by atoms with Crippen molar-refractivity contribution >= 4 is 5.91 Å². The van der Waals surface area contributed by atoms with E-state index < -0.39 is 6.67 Å². The highest BCUT2D eigenvalue weighted by molar-refractivity contribution is 5.78. The molecule has 1 amide bonds. The molecule has 2 aromatic rings. The SMILES string of the molecule is O=C1CC(C(CF)NCc2ccccc2)CN1Cc1ccccc1. The van der Waals surface area contributed by atoms with Crippen LogP contribution in [0.4, 0.5) is 4.39 Å². The van der Waals surface area contributed by atoms with Crippen molar-refractivity contribution in [2.24, 2.45) is 5.92 Å². The van der Waals surface area contributed by atoms with E-state index in [0.717, 1.165) is 11.1 Å². The largest absolute Gasteiger partial charge is 0.338 e. The third-order valence-corrected chi connectivity index (χ3v) is 4.61. The molecule has 0 aromatic heterocycles. The number of rotatable bonds is 7. The summed E-state index contributed by atoms with van der Waals surface area (Å²) in [4.78, 5) is 14.1. The van der Waals surface area contributed by atoms with Gasteiger partial charge in [-0.1, -0.05) is 60.7 Å². The molecule has 0 bridgehead atoms. The second-order valence-electron chi connectivity index (χ2n) is 6.35. The molecule has 0 radical (unpaired) electrons. The summed E-state index contributed by atoms with van der Waals surface area (Å²) in [5, 5.41) is 3.28. The van der Waals surface area contributed by atoms with Gasteiger partial charge in [0.2, 0.25) is 5.91 Å². The van der Waals surface area contributed by atoms with Crippen LogP contribution >= 0.6 is 0 Å². The van der Waals surface area contributed by atoms with Crippen molar-refractivity contribution < 1.29 is 9.18 Å². The molecule has 2 atom stereocenters. The lowest BCUT2D eigenvalue weighted by Crippen LogP contribution is -2.39. The molecule has 4 heteroatoms. The van der Waals surface area contributed by atoms with Crippen molar-refractivity contribution in [3.8, 4) is 0 Å². The van der Waals surface area contributed by atoms with Gasteiger partial charge in [0.15, 0.2) is 0 Å². The number of hydrogen-bond acceptors (Lipinski definition) is 2. The Morgan fingerprint density at radius 1 is 1.04 bits per heavy atom. The Kier molecular flexibility index (Phi) is 5.59. The van der Waals surface area contributed by atoms with E-state index in [4.69, 9.17) is 0 Å². The van der Waals surface area contributed by atoms with Gasteiger partial charge in [0, 0.05) is 38.0 Å². The van der Waals surface area contributed by atoms with Crippen LogP contribution in [-0.2, 0) is 17.9 Å². The molecule has 0 aliphatic carbocycles. The Morgan fingerprint density at radius 2 is 1.67 bits per heavy atom. The normalized spacial score (nSPS) is 18.8. The van der Waals surface area contributed by atoms with Crippen molar-refractivity contribution in [2.45, 2.75) is 25.6 Å². The smallest absolute Gasteiger partial charge is 0.223 e. The van der Waals surface area contributed by atoms with E-state index in [-0.39, 0.29) is 17.9 Å². The van der Waals surface area contributed by atoms with Crippen LogP contribution in [0.3, 0.4) is 0 Å². The Morgan fingerprint density at radius 3 is 2.29 bits per heavy atom. The number of carbonyl (C=O) groups is 1. The van der Waals surface area contributed by atoms with Crippen molar-refractivity contribution in [3.63, 3.8) is 0 Å². The molecule has 0 spiro atoms. The standard InChI is InChI=1S/C20H23FN2O/c21-12-19(22-13-16-7-3-1-4-8-16)18-11-20(24)23(15-18)14-17-9-5-2-6-10-17/h1-10,18-19,22H,11-15H2. The fourth-order valence-electron chi connectivity index (χ4n) is 3.22. The topological polar surface area (TPSA) is 32.3 Å². The van der Waals surface area contributed by atoms with Crippen LogP contribution < -0.4 is 5.32 Å². The number of halogens is 1. The van der Waals surface area contributed by atoms with E-state index in [9.17, 15) is 9.18 Å². The van der Waals surface area contributed by atoms with Crippen molar-refractivity contribution in [2.75, 3.05) is 13.2 Å². The number of carbonyl (C=O) groups excluding carboxylic acids is 1. The summed E-state index contributed by atoms with van der Waals surface area (Å²) in [7, 11) is 0. The molecule has 24 heavy (non-hydrogen) atoms. The predicted octanol–water partition coefficient (Wildman–Crippen LogP) is 3.16. The number of nitrogens with zero attached hydrogens (tertiary/aromatic N) is 1. The van der Waals surface area contributed by atoms with Gasteiger partial charge in [0.1, 0.15) is 6.67 Å². The van der Waals surface area contributed by atoms with Crippen LogP contribution in [0.1, 0.15) is 17.5 Å². The molecule has 1 heterocycles. The minimum atomic E-state index is -0.454. The van der Waals surface area contributed by atoms with E-state index in [1.807, 2.05) is 65.6 Å². The summed E-state index contributed by atoms with van der Waals surface area (Å²) in [6.07, 6.45) is 0.420. The zero-order valence-electron chi connectivity index (χ0n) is 13.7. The molecule has 126 valence electrons. The van der Waals surface area contributed by atoms with Gasteiger partial charge in [-0.3, -0.25) is 4.79 Å². The summed E-state index contributed by atoms with van der Waals surface area (Å²) in [5.41, 5.74) is 2.24. The molecule has 3 rings (SSSR count). The summed E-state index contributed by atoms with van der Waals surface area (Å²) < 4.78 is 13.5. The maximum atomic E-state index is 13.5. The molecule has 1 fully saturated rings. The van der Waals surface area contributed by atoms with Gasteiger partial charge in [0.05, 0.1) is 0 Å². The average Bonchev–Trinajstić information content (AvgIpc) is 2.98. The van der Waals surface area contributed by atoms with Gasteiger partial charge in [-0.15, -0.1) is 0 Å². The molecule has 2 unspecified atom stereocenters. The highest BCUT2D eigenvalue weighted by Gasteiger charge is 2.34. The first-order valence-electron chi connectivity index (χ1n) is 8.41. The second-order valence-corrected chi connectivity index (χ2v) is 6.35. The van der Waals surface area contributed by atoms with E-state index >= 15 is 0 Å². The molecule has 3 nitrogen and oxygen atoms in total. The minimum Gasteiger partial charge on any atom is -0.338 e. The number of nitrogens with one attached hydrogen (secondary N) is 1. The fraction of sp³-hybridized carbons (Fsp3) is 0.350.